The van der Waals surface area contributed by atoms with Gasteiger partial charge in [0.15, 0.2) is 0 Å². The zero-order chi connectivity index (χ0) is 16.2. The van der Waals surface area contributed by atoms with Crippen LogP contribution in [0.2, 0.25) is 0 Å². The Morgan fingerprint density at radius 3 is 2.74 bits per heavy atom. The lowest BCUT2D eigenvalue weighted by Crippen LogP contribution is -2.16. The van der Waals surface area contributed by atoms with Crippen LogP contribution < -0.4 is 10.1 Å². The third-order valence-electron chi connectivity index (χ3n) is 4.07. The van der Waals surface area contributed by atoms with Crippen molar-refractivity contribution >= 4 is 0 Å². The first kappa shape index (κ1) is 16.0. The molecule has 0 atom stereocenters. The van der Waals surface area contributed by atoms with Crippen LogP contribution in [0.3, 0.4) is 0 Å². The van der Waals surface area contributed by atoms with Crippen LogP contribution in [0, 0.1) is 12.8 Å². The first-order valence-corrected chi connectivity index (χ1v) is 8.55. The van der Waals surface area contributed by atoms with Crippen LogP contribution >= 0.6 is 0 Å². The summed E-state index contributed by atoms with van der Waals surface area (Å²) in [5, 5.41) is 3.55. The van der Waals surface area contributed by atoms with Gasteiger partial charge in [0.05, 0.1) is 12.3 Å². The first-order valence-electron chi connectivity index (χ1n) is 8.55. The highest BCUT2D eigenvalue weighted by Crippen LogP contribution is 2.24. The number of aryl methyl sites for hydroxylation is 1. The van der Waals surface area contributed by atoms with Gasteiger partial charge in [-0.05, 0) is 49.4 Å². The SMILES string of the molecule is Cc1nc(-c2cccc(OCC(C)C)c2)ccc1CNC1CC1. The normalized spacial score (nSPS) is 14.3. The molecule has 0 radical (unpaired) electrons. The monoisotopic (exact) mass is 310 g/mol. The fraction of sp³-hybridized carbons (Fsp3) is 0.450. The van der Waals surface area contributed by atoms with E-state index in [0.717, 1.165) is 41.9 Å². The van der Waals surface area contributed by atoms with E-state index in [4.69, 9.17) is 9.72 Å². The Balaban J connectivity index is 1.72. The lowest BCUT2D eigenvalue weighted by Gasteiger charge is -2.11. The fourth-order valence-electron chi connectivity index (χ4n) is 2.49. The number of nitrogens with one attached hydrogen (secondary N) is 1. The van der Waals surface area contributed by atoms with E-state index in [1.807, 2.05) is 12.1 Å². The van der Waals surface area contributed by atoms with Gasteiger partial charge in [0.25, 0.3) is 0 Å². The van der Waals surface area contributed by atoms with Gasteiger partial charge < -0.3 is 10.1 Å². The van der Waals surface area contributed by atoms with E-state index in [1.54, 1.807) is 0 Å². The Labute approximate surface area is 139 Å². The third kappa shape index (κ3) is 4.55. The van der Waals surface area contributed by atoms with Crippen LogP contribution in [0.25, 0.3) is 11.3 Å². The number of benzene rings is 1. The maximum Gasteiger partial charge on any atom is 0.119 e. The Bertz CT molecular complexity index is 662. The van der Waals surface area contributed by atoms with Gasteiger partial charge >= 0.3 is 0 Å². The highest BCUT2D eigenvalue weighted by molar-refractivity contribution is 5.61. The predicted molar refractivity (Wildman–Crippen MR) is 94.6 cm³/mol. The average Bonchev–Trinajstić information content (AvgIpc) is 3.36. The van der Waals surface area contributed by atoms with Gasteiger partial charge in [0.1, 0.15) is 5.75 Å². The van der Waals surface area contributed by atoms with Gasteiger partial charge in [-0.15, -0.1) is 0 Å². The molecular formula is C20H26N2O. The molecule has 2 aromatic rings. The summed E-state index contributed by atoms with van der Waals surface area (Å²) >= 11 is 0. The van der Waals surface area contributed by atoms with Crippen LogP contribution in [0.4, 0.5) is 0 Å². The fourth-order valence-corrected chi connectivity index (χ4v) is 2.49. The van der Waals surface area contributed by atoms with E-state index in [0.29, 0.717) is 5.92 Å². The summed E-state index contributed by atoms with van der Waals surface area (Å²) in [4.78, 5) is 4.78. The van der Waals surface area contributed by atoms with Gasteiger partial charge in [0, 0.05) is 23.8 Å². The van der Waals surface area contributed by atoms with Crippen molar-refractivity contribution in [1.29, 1.82) is 0 Å². The second-order valence-electron chi connectivity index (χ2n) is 6.83. The molecule has 0 bridgehead atoms. The minimum absolute atomic E-state index is 0.525. The number of rotatable bonds is 7. The van der Waals surface area contributed by atoms with E-state index >= 15 is 0 Å². The zero-order valence-electron chi connectivity index (χ0n) is 14.3. The van der Waals surface area contributed by atoms with E-state index in [2.05, 4.69) is 50.4 Å². The summed E-state index contributed by atoms with van der Waals surface area (Å²) in [6.07, 6.45) is 2.63. The van der Waals surface area contributed by atoms with Crippen molar-refractivity contribution in [3.8, 4) is 17.0 Å². The molecule has 3 heteroatoms. The van der Waals surface area contributed by atoms with Gasteiger partial charge in [-0.1, -0.05) is 32.0 Å². The molecule has 1 aliphatic rings. The van der Waals surface area contributed by atoms with Crippen LogP contribution in [0.5, 0.6) is 5.75 Å². The second-order valence-corrected chi connectivity index (χ2v) is 6.83. The molecule has 1 aromatic carbocycles. The predicted octanol–water partition coefficient (Wildman–Crippen LogP) is 4.34. The number of aromatic nitrogens is 1. The lowest BCUT2D eigenvalue weighted by molar-refractivity contribution is 0.271. The van der Waals surface area contributed by atoms with Crippen molar-refractivity contribution in [2.45, 2.75) is 46.2 Å². The molecule has 0 saturated heterocycles. The highest BCUT2D eigenvalue weighted by Gasteiger charge is 2.20. The zero-order valence-corrected chi connectivity index (χ0v) is 14.3. The van der Waals surface area contributed by atoms with Crippen molar-refractivity contribution in [2.24, 2.45) is 5.92 Å². The lowest BCUT2D eigenvalue weighted by atomic mass is 10.1. The summed E-state index contributed by atoms with van der Waals surface area (Å²) in [5.41, 5.74) is 4.50. The van der Waals surface area contributed by atoms with Crippen molar-refractivity contribution in [3.05, 3.63) is 47.7 Å². The summed E-state index contributed by atoms with van der Waals surface area (Å²) in [7, 11) is 0. The Hall–Kier alpha value is -1.87. The molecule has 0 aliphatic heterocycles. The smallest absolute Gasteiger partial charge is 0.119 e. The first-order chi connectivity index (χ1) is 11.1. The molecule has 1 aliphatic carbocycles. The van der Waals surface area contributed by atoms with Crippen molar-refractivity contribution in [3.63, 3.8) is 0 Å². The molecule has 23 heavy (non-hydrogen) atoms. The molecule has 1 heterocycles. The van der Waals surface area contributed by atoms with E-state index < -0.39 is 0 Å². The quantitative estimate of drug-likeness (QED) is 0.826. The number of hydrogen-bond acceptors (Lipinski definition) is 3. The van der Waals surface area contributed by atoms with E-state index in [9.17, 15) is 0 Å². The summed E-state index contributed by atoms with van der Waals surface area (Å²) in [5.74, 6) is 1.44. The number of nitrogens with zero attached hydrogens (tertiary/aromatic N) is 1. The number of hydrogen-bond donors (Lipinski definition) is 1. The largest absolute Gasteiger partial charge is 0.493 e. The molecule has 1 N–H and O–H groups in total. The number of ether oxygens (including phenoxy) is 1. The molecule has 0 spiro atoms. The molecular weight excluding hydrogens is 284 g/mol. The topological polar surface area (TPSA) is 34.1 Å². The molecule has 1 aromatic heterocycles. The van der Waals surface area contributed by atoms with Crippen molar-refractivity contribution < 1.29 is 4.74 Å². The molecule has 3 nitrogen and oxygen atoms in total. The Kier molecular flexibility index (Phi) is 4.97. The Morgan fingerprint density at radius 2 is 2.04 bits per heavy atom. The molecule has 0 amide bonds. The number of pyridine rings is 1. The summed E-state index contributed by atoms with van der Waals surface area (Å²) in [6, 6.07) is 13.2. The van der Waals surface area contributed by atoms with Gasteiger partial charge in [-0.2, -0.15) is 0 Å². The van der Waals surface area contributed by atoms with Gasteiger partial charge in [0.2, 0.25) is 0 Å². The maximum atomic E-state index is 5.82. The van der Waals surface area contributed by atoms with Crippen molar-refractivity contribution in [2.75, 3.05) is 6.61 Å². The molecule has 1 saturated carbocycles. The highest BCUT2D eigenvalue weighted by atomic mass is 16.5. The van der Waals surface area contributed by atoms with Crippen molar-refractivity contribution in [1.82, 2.24) is 10.3 Å². The van der Waals surface area contributed by atoms with Crippen LogP contribution in [0.1, 0.15) is 37.9 Å². The van der Waals surface area contributed by atoms with E-state index in [-0.39, 0.29) is 0 Å². The van der Waals surface area contributed by atoms with E-state index in [1.165, 1.54) is 18.4 Å². The van der Waals surface area contributed by atoms with Crippen LogP contribution in [-0.2, 0) is 6.54 Å². The average molecular weight is 310 g/mol. The van der Waals surface area contributed by atoms with Gasteiger partial charge in [-0.3, -0.25) is 4.98 Å². The molecule has 1 fully saturated rings. The standard InChI is InChI=1S/C20H26N2O/c1-14(2)13-23-19-6-4-5-16(11-19)20-10-7-17(15(3)22-20)12-21-18-8-9-18/h4-7,10-11,14,18,21H,8-9,12-13H2,1-3H3. The second kappa shape index (κ2) is 7.14. The summed E-state index contributed by atoms with van der Waals surface area (Å²) < 4.78 is 5.82. The molecule has 122 valence electrons. The molecule has 0 unspecified atom stereocenters. The Morgan fingerprint density at radius 1 is 1.22 bits per heavy atom. The minimum atomic E-state index is 0.525. The van der Waals surface area contributed by atoms with Crippen LogP contribution in [0.15, 0.2) is 36.4 Å². The minimum Gasteiger partial charge on any atom is -0.493 e. The third-order valence-corrected chi connectivity index (χ3v) is 4.07. The summed E-state index contributed by atoms with van der Waals surface area (Å²) in [6.45, 7) is 8.06. The maximum absolute atomic E-state index is 5.82. The van der Waals surface area contributed by atoms with Gasteiger partial charge in [-0.25, -0.2) is 0 Å². The molecule has 3 rings (SSSR count). The van der Waals surface area contributed by atoms with Crippen LogP contribution in [-0.4, -0.2) is 17.6 Å².